The SMILES string of the molecule is O=c1cccc(SC2CCNCC2)[nH]1. The van der Waals surface area contributed by atoms with Gasteiger partial charge >= 0.3 is 0 Å². The summed E-state index contributed by atoms with van der Waals surface area (Å²) in [6.45, 7) is 2.18. The lowest BCUT2D eigenvalue weighted by molar-refractivity contribution is 0.531. The molecule has 2 N–H and O–H groups in total. The highest BCUT2D eigenvalue weighted by molar-refractivity contribution is 7.99. The fourth-order valence-electron chi connectivity index (χ4n) is 1.59. The van der Waals surface area contributed by atoms with Crippen LogP contribution in [0.4, 0.5) is 0 Å². The van der Waals surface area contributed by atoms with E-state index >= 15 is 0 Å². The lowest BCUT2D eigenvalue weighted by Crippen LogP contribution is -2.29. The minimum atomic E-state index is -0.0102. The number of piperidine rings is 1. The van der Waals surface area contributed by atoms with E-state index in [2.05, 4.69) is 10.3 Å². The lowest BCUT2D eigenvalue weighted by atomic mass is 10.2. The predicted octanol–water partition coefficient (Wildman–Crippen LogP) is 1.22. The van der Waals surface area contributed by atoms with Crippen molar-refractivity contribution in [1.82, 2.24) is 10.3 Å². The van der Waals surface area contributed by atoms with Gasteiger partial charge in [0.1, 0.15) is 0 Å². The molecule has 0 bridgehead atoms. The molecule has 1 fully saturated rings. The molecular formula is C10H14N2OS. The van der Waals surface area contributed by atoms with Crippen LogP contribution >= 0.6 is 11.8 Å². The highest BCUT2D eigenvalue weighted by Gasteiger charge is 2.14. The zero-order chi connectivity index (χ0) is 9.80. The summed E-state index contributed by atoms with van der Waals surface area (Å²) in [4.78, 5) is 13.9. The Morgan fingerprint density at radius 2 is 2.07 bits per heavy atom. The third-order valence-electron chi connectivity index (χ3n) is 2.32. The molecule has 1 aromatic heterocycles. The summed E-state index contributed by atoms with van der Waals surface area (Å²) in [7, 11) is 0. The number of thioether (sulfide) groups is 1. The number of hydrogen-bond acceptors (Lipinski definition) is 3. The summed E-state index contributed by atoms with van der Waals surface area (Å²) in [5, 5.41) is 4.96. The van der Waals surface area contributed by atoms with Gasteiger partial charge in [0.15, 0.2) is 0 Å². The molecule has 0 aliphatic carbocycles. The van der Waals surface area contributed by atoms with Crippen molar-refractivity contribution in [2.45, 2.75) is 23.1 Å². The number of H-pyrrole nitrogens is 1. The van der Waals surface area contributed by atoms with E-state index in [1.165, 1.54) is 12.8 Å². The number of hydrogen-bond donors (Lipinski definition) is 2. The fraction of sp³-hybridized carbons (Fsp3) is 0.500. The lowest BCUT2D eigenvalue weighted by Gasteiger charge is -2.21. The van der Waals surface area contributed by atoms with Crippen molar-refractivity contribution in [2.75, 3.05) is 13.1 Å². The van der Waals surface area contributed by atoms with Gasteiger partial charge in [-0.15, -0.1) is 11.8 Å². The van der Waals surface area contributed by atoms with Crippen molar-refractivity contribution in [2.24, 2.45) is 0 Å². The molecule has 14 heavy (non-hydrogen) atoms. The topological polar surface area (TPSA) is 44.9 Å². The van der Waals surface area contributed by atoms with Crippen molar-refractivity contribution in [3.63, 3.8) is 0 Å². The van der Waals surface area contributed by atoms with Gasteiger partial charge in [0.05, 0.1) is 5.03 Å². The molecule has 1 aromatic rings. The second kappa shape index (κ2) is 4.66. The van der Waals surface area contributed by atoms with Crippen molar-refractivity contribution in [3.8, 4) is 0 Å². The molecule has 4 heteroatoms. The molecular weight excluding hydrogens is 196 g/mol. The van der Waals surface area contributed by atoms with E-state index in [-0.39, 0.29) is 5.56 Å². The first-order valence-corrected chi connectivity index (χ1v) is 5.79. The first kappa shape index (κ1) is 9.80. The maximum atomic E-state index is 11.1. The monoisotopic (exact) mass is 210 g/mol. The van der Waals surface area contributed by atoms with Crippen LogP contribution in [0.25, 0.3) is 0 Å². The van der Waals surface area contributed by atoms with Gasteiger partial charge in [-0.1, -0.05) is 6.07 Å². The van der Waals surface area contributed by atoms with Crippen molar-refractivity contribution >= 4 is 11.8 Å². The van der Waals surface area contributed by atoms with E-state index in [0.717, 1.165) is 18.1 Å². The highest BCUT2D eigenvalue weighted by atomic mass is 32.2. The van der Waals surface area contributed by atoms with Crippen LogP contribution in [0.1, 0.15) is 12.8 Å². The molecule has 0 atom stereocenters. The summed E-state index contributed by atoms with van der Waals surface area (Å²) < 4.78 is 0. The second-order valence-corrected chi connectivity index (χ2v) is 4.79. The first-order valence-electron chi connectivity index (χ1n) is 4.91. The summed E-state index contributed by atoms with van der Waals surface area (Å²) in [6, 6.07) is 5.32. The average molecular weight is 210 g/mol. The number of pyridine rings is 1. The van der Waals surface area contributed by atoms with Crippen molar-refractivity contribution in [1.29, 1.82) is 0 Å². The maximum absolute atomic E-state index is 11.1. The van der Waals surface area contributed by atoms with Gasteiger partial charge in [0, 0.05) is 11.3 Å². The second-order valence-electron chi connectivity index (χ2n) is 3.45. The number of nitrogens with one attached hydrogen (secondary N) is 2. The normalized spacial score (nSPS) is 18.3. The molecule has 2 rings (SSSR count). The molecule has 0 unspecified atom stereocenters. The van der Waals surface area contributed by atoms with Crippen LogP contribution < -0.4 is 10.9 Å². The fourth-order valence-corrected chi connectivity index (χ4v) is 2.74. The zero-order valence-corrected chi connectivity index (χ0v) is 8.77. The van der Waals surface area contributed by atoms with Gasteiger partial charge in [0.25, 0.3) is 0 Å². The minimum absolute atomic E-state index is 0.0102. The van der Waals surface area contributed by atoms with Gasteiger partial charge in [-0.25, -0.2) is 0 Å². The van der Waals surface area contributed by atoms with Crippen molar-refractivity contribution < 1.29 is 0 Å². The summed E-state index contributed by atoms with van der Waals surface area (Å²) in [5.41, 5.74) is -0.0102. The molecule has 0 saturated carbocycles. The maximum Gasteiger partial charge on any atom is 0.248 e. The Balaban J connectivity index is 1.99. The van der Waals surface area contributed by atoms with Crippen LogP contribution in [0.5, 0.6) is 0 Å². The predicted molar refractivity (Wildman–Crippen MR) is 58.8 cm³/mol. The Bertz CT molecular complexity index is 344. The van der Waals surface area contributed by atoms with E-state index in [0.29, 0.717) is 5.25 Å². The summed E-state index contributed by atoms with van der Waals surface area (Å²) in [6.07, 6.45) is 2.36. The molecule has 1 saturated heterocycles. The Labute approximate surface area is 87.3 Å². The summed E-state index contributed by atoms with van der Waals surface area (Å²) >= 11 is 1.78. The molecule has 0 aromatic carbocycles. The smallest absolute Gasteiger partial charge is 0.248 e. The molecule has 0 spiro atoms. The van der Waals surface area contributed by atoms with Crippen LogP contribution in [0.15, 0.2) is 28.0 Å². The minimum Gasteiger partial charge on any atom is -0.317 e. The molecule has 2 heterocycles. The Morgan fingerprint density at radius 3 is 2.79 bits per heavy atom. The largest absolute Gasteiger partial charge is 0.317 e. The third-order valence-corrected chi connectivity index (χ3v) is 3.62. The number of rotatable bonds is 2. The number of aromatic amines is 1. The quantitative estimate of drug-likeness (QED) is 0.771. The van der Waals surface area contributed by atoms with E-state index in [9.17, 15) is 4.79 Å². The Hall–Kier alpha value is -0.740. The van der Waals surface area contributed by atoms with Gasteiger partial charge in [-0.05, 0) is 32.0 Å². The molecule has 1 aliphatic heterocycles. The standard InChI is InChI=1S/C10H14N2OS/c13-9-2-1-3-10(12-9)14-8-4-6-11-7-5-8/h1-3,8,11H,4-7H2,(H,12,13). The van der Waals surface area contributed by atoms with E-state index in [1.54, 1.807) is 17.8 Å². The molecule has 76 valence electrons. The van der Waals surface area contributed by atoms with Crippen molar-refractivity contribution in [3.05, 3.63) is 28.6 Å². The van der Waals surface area contributed by atoms with Crippen LogP contribution in [-0.4, -0.2) is 23.3 Å². The van der Waals surface area contributed by atoms with E-state index < -0.39 is 0 Å². The van der Waals surface area contributed by atoms with Gasteiger partial charge in [-0.2, -0.15) is 0 Å². The van der Waals surface area contributed by atoms with E-state index in [4.69, 9.17) is 0 Å². The Kier molecular flexibility index (Phi) is 3.26. The Morgan fingerprint density at radius 1 is 1.29 bits per heavy atom. The molecule has 0 radical (unpaired) electrons. The van der Waals surface area contributed by atoms with Crippen LogP contribution in [0.2, 0.25) is 0 Å². The molecule has 1 aliphatic rings. The van der Waals surface area contributed by atoms with Gasteiger partial charge < -0.3 is 10.3 Å². The van der Waals surface area contributed by atoms with Gasteiger partial charge in [-0.3, -0.25) is 4.79 Å². The summed E-state index contributed by atoms with van der Waals surface area (Å²) in [5.74, 6) is 0. The van der Waals surface area contributed by atoms with E-state index in [1.807, 2.05) is 12.1 Å². The van der Waals surface area contributed by atoms with Crippen LogP contribution in [0.3, 0.4) is 0 Å². The highest BCUT2D eigenvalue weighted by Crippen LogP contribution is 2.25. The zero-order valence-electron chi connectivity index (χ0n) is 7.95. The van der Waals surface area contributed by atoms with Crippen LogP contribution in [-0.2, 0) is 0 Å². The average Bonchev–Trinajstić information content (AvgIpc) is 2.19. The third kappa shape index (κ3) is 2.62. The first-order chi connectivity index (χ1) is 6.84. The molecule has 3 nitrogen and oxygen atoms in total. The number of aromatic nitrogens is 1. The molecule has 0 amide bonds. The van der Waals surface area contributed by atoms with Crippen LogP contribution in [0, 0.1) is 0 Å². The van der Waals surface area contributed by atoms with Gasteiger partial charge in [0.2, 0.25) is 5.56 Å².